The first-order valence-electron chi connectivity index (χ1n) is 6.36. The summed E-state index contributed by atoms with van der Waals surface area (Å²) in [6.45, 7) is 5.83. The third kappa shape index (κ3) is 3.77. The maximum atomic E-state index is 11.9. The summed E-state index contributed by atoms with van der Waals surface area (Å²) >= 11 is 0. The van der Waals surface area contributed by atoms with E-state index in [0.717, 1.165) is 13.0 Å². The molecule has 1 aromatic rings. The van der Waals surface area contributed by atoms with Crippen molar-refractivity contribution in [2.75, 3.05) is 25.9 Å². The molecule has 0 fully saturated rings. The second-order valence-corrected chi connectivity index (χ2v) is 4.76. The summed E-state index contributed by atoms with van der Waals surface area (Å²) in [6.07, 6.45) is 2.85. The molecule has 3 N–H and O–H groups in total. The predicted octanol–water partition coefficient (Wildman–Crippen LogP) is 1.07. The molecule has 1 rings (SSSR count). The van der Waals surface area contributed by atoms with E-state index in [-0.39, 0.29) is 5.91 Å². The minimum Gasteiger partial charge on any atom is -0.397 e. The fraction of sp³-hybridized carbons (Fsp3) is 0.615. The first-order valence-corrected chi connectivity index (χ1v) is 6.36. The number of nitrogens with two attached hydrogens (primary N) is 1. The van der Waals surface area contributed by atoms with Gasteiger partial charge in [-0.25, -0.2) is 0 Å². The van der Waals surface area contributed by atoms with E-state index >= 15 is 0 Å². The van der Waals surface area contributed by atoms with E-state index in [9.17, 15) is 4.79 Å². The van der Waals surface area contributed by atoms with Crippen LogP contribution in [0.3, 0.4) is 0 Å². The summed E-state index contributed by atoms with van der Waals surface area (Å²) in [7, 11) is 3.89. The van der Waals surface area contributed by atoms with Crippen molar-refractivity contribution in [1.29, 1.82) is 0 Å². The quantitative estimate of drug-likeness (QED) is 0.796. The van der Waals surface area contributed by atoms with Gasteiger partial charge >= 0.3 is 0 Å². The van der Waals surface area contributed by atoms with Gasteiger partial charge in [-0.15, -0.1) is 0 Å². The van der Waals surface area contributed by atoms with Gasteiger partial charge in [0, 0.05) is 32.4 Å². The Morgan fingerprint density at radius 2 is 2.28 bits per heavy atom. The highest BCUT2D eigenvalue weighted by atomic mass is 16.1. The van der Waals surface area contributed by atoms with Crippen molar-refractivity contribution in [3.63, 3.8) is 0 Å². The van der Waals surface area contributed by atoms with Crippen molar-refractivity contribution in [1.82, 2.24) is 14.8 Å². The molecule has 0 radical (unpaired) electrons. The second-order valence-electron chi connectivity index (χ2n) is 4.76. The summed E-state index contributed by atoms with van der Waals surface area (Å²) in [5, 5.41) is 2.91. The number of carbonyl (C=O) groups is 1. The van der Waals surface area contributed by atoms with Crippen LogP contribution in [0.5, 0.6) is 0 Å². The molecule has 0 aliphatic heterocycles. The molecule has 0 bridgehead atoms. The highest BCUT2D eigenvalue weighted by Crippen LogP contribution is 2.08. The van der Waals surface area contributed by atoms with Gasteiger partial charge in [-0.3, -0.25) is 4.79 Å². The monoisotopic (exact) mass is 252 g/mol. The van der Waals surface area contributed by atoms with Gasteiger partial charge in [0.1, 0.15) is 5.69 Å². The van der Waals surface area contributed by atoms with Crippen molar-refractivity contribution >= 4 is 11.6 Å². The minimum absolute atomic E-state index is 0.0771. The third-order valence-electron chi connectivity index (χ3n) is 3.35. The normalized spacial score (nSPS) is 12.7. The van der Waals surface area contributed by atoms with Crippen LogP contribution in [-0.4, -0.2) is 41.6 Å². The van der Waals surface area contributed by atoms with Gasteiger partial charge in [0.05, 0.1) is 5.69 Å². The van der Waals surface area contributed by atoms with E-state index in [1.807, 2.05) is 7.05 Å². The summed E-state index contributed by atoms with van der Waals surface area (Å²) in [6, 6.07) is 2.22. The molecule has 1 heterocycles. The number of hydrogen-bond donors (Lipinski definition) is 2. The molecule has 5 heteroatoms. The van der Waals surface area contributed by atoms with E-state index in [2.05, 4.69) is 31.1 Å². The lowest BCUT2D eigenvalue weighted by Gasteiger charge is -2.23. The smallest absolute Gasteiger partial charge is 0.268 e. The zero-order chi connectivity index (χ0) is 13.7. The number of carbonyl (C=O) groups excluding carboxylic acids is 1. The fourth-order valence-electron chi connectivity index (χ4n) is 1.78. The molecule has 18 heavy (non-hydrogen) atoms. The molecule has 5 nitrogen and oxygen atoms in total. The number of likely N-dealkylation sites (N-methyl/N-ethyl adjacent to an activating group) is 1. The van der Waals surface area contributed by atoms with E-state index in [1.54, 1.807) is 16.8 Å². The molecule has 0 saturated heterocycles. The number of rotatable bonds is 6. The Hall–Kier alpha value is -1.49. The van der Waals surface area contributed by atoms with Crippen LogP contribution >= 0.6 is 0 Å². The molecule has 1 aromatic heterocycles. The number of aromatic nitrogens is 1. The van der Waals surface area contributed by atoms with Gasteiger partial charge in [-0.1, -0.05) is 6.92 Å². The topological polar surface area (TPSA) is 63.3 Å². The molecule has 0 aliphatic rings. The van der Waals surface area contributed by atoms with E-state index < -0.39 is 0 Å². The van der Waals surface area contributed by atoms with Crippen LogP contribution in [0.2, 0.25) is 0 Å². The van der Waals surface area contributed by atoms with Gasteiger partial charge < -0.3 is 20.5 Å². The molecule has 0 aromatic carbocycles. The number of nitrogens with one attached hydrogen (secondary N) is 1. The molecule has 102 valence electrons. The van der Waals surface area contributed by atoms with Gasteiger partial charge in [0.2, 0.25) is 0 Å². The SMILES string of the molecule is CCC(C)N(C)CCNC(=O)c1cc(N)cn1C. The standard InChI is InChI=1S/C13H24N4O/c1-5-10(2)16(3)7-6-15-13(18)12-8-11(14)9-17(12)4/h8-10H,5-7,14H2,1-4H3,(H,15,18). The Labute approximate surface area is 109 Å². The Balaban J connectivity index is 2.40. The maximum absolute atomic E-state index is 11.9. The van der Waals surface area contributed by atoms with Crippen LogP contribution in [0.4, 0.5) is 5.69 Å². The summed E-state index contributed by atoms with van der Waals surface area (Å²) in [5.74, 6) is -0.0771. The Bertz CT molecular complexity index is 400. The summed E-state index contributed by atoms with van der Waals surface area (Å²) in [5.41, 5.74) is 6.85. The van der Waals surface area contributed by atoms with E-state index in [4.69, 9.17) is 5.73 Å². The first kappa shape index (κ1) is 14.6. The Morgan fingerprint density at radius 3 is 2.78 bits per heavy atom. The highest BCUT2D eigenvalue weighted by molar-refractivity contribution is 5.93. The minimum atomic E-state index is -0.0771. The van der Waals surface area contributed by atoms with E-state index in [1.165, 1.54) is 0 Å². The molecule has 1 amide bonds. The Kier molecular flexibility index (Phi) is 5.22. The zero-order valence-electron chi connectivity index (χ0n) is 11.7. The number of nitrogen functional groups attached to an aromatic ring is 1. The van der Waals surface area contributed by atoms with Gasteiger partial charge in [0.15, 0.2) is 0 Å². The number of hydrogen-bond acceptors (Lipinski definition) is 3. The molecular formula is C13H24N4O. The molecular weight excluding hydrogens is 228 g/mol. The lowest BCUT2D eigenvalue weighted by molar-refractivity contribution is 0.0939. The van der Waals surface area contributed by atoms with Crippen LogP contribution < -0.4 is 11.1 Å². The van der Waals surface area contributed by atoms with Crippen LogP contribution in [0.25, 0.3) is 0 Å². The third-order valence-corrected chi connectivity index (χ3v) is 3.35. The predicted molar refractivity (Wildman–Crippen MR) is 74.5 cm³/mol. The molecule has 0 saturated carbocycles. The molecule has 0 spiro atoms. The molecule has 0 aliphatic carbocycles. The second kappa shape index (κ2) is 6.44. The van der Waals surface area contributed by atoms with Crippen molar-refractivity contribution < 1.29 is 4.79 Å². The number of anilines is 1. The zero-order valence-corrected chi connectivity index (χ0v) is 11.7. The lowest BCUT2D eigenvalue weighted by atomic mass is 10.2. The largest absolute Gasteiger partial charge is 0.397 e. The lowest BCUT2D eigenvalue weighted by Crippen LogP contribution is -2.37. The van der Waals surface area contributed by atoms with Crippen LogP contribution in [-0.2, 0) is 7.05 Å². The average Bonchev–Trinajstić information content (AvgIpc) is 2.67. The van der Waals surface area contributed by atoms with Crippen molar-refractivity contribution in [3.8, 4) is 0 Å². The molecule has 1 unspecified atom stereocenters. The summed E-state index contributed by atoms with van der Waals surface area (Å²) < 4.78 is 1.74. The van der Waals surface area contributed by atoms with Gasteiger partial charge in [0.25, 0.3) is 5.91 Å². The van der Waals surface area contributed by atoms with Gasteiger partial charge in [-0.2, -0.15) is 0 Å². The van der Waals surface area contributed by atoms with Crippen molar-refractivity contribution in [2.45, 2.75) is 26.3 Å². The van der Waals surface area contributed by atoms with E-state index in [0.29, 0.717) is 24.0 Å². The number of nitrogens with zero attached hydrogens (tertiary/aromatic N) is 2. The fourth-order valence-corrected chi connectivity index (χ4v) is 1.78. The van der Waals surface area contributed by atoms with Crippen molar-refractivity contribution in [2.24, 2.45) is 7.05 Å². The molecule has 1 atom stereocenters. The summed E-state index contributed by atoms with van der Waals surface area (Å²) in [4.78, 5) is 14.1. The van der Waals surface area contributed by atoms with Crippen LogP contribution in [0, 0.1) is 0 Å². The average molecular weight is 252 g/mol. The maximum Gasteiger partial charge on any atom is 0.268 e. The van der Waals surface area contributed by atoms with Crippen LogP contribution in [0.1, 0.15) is 30.8 Å². The first-order chi connectivity index (χ1) is 8.45. The Morgan fingerprint density at radius 1 is 1.61 bits per heavy atom. The number of aryl methyl sites for hydroxylation is 1. The van der Waals surface area contributed by atoms with Gasteiger partial charge in [-0.05, 0) is 26.5 Å². The number of amides is 1. The van der Waals surface area contributed by atoms with Crippen LogP contribution in [0.15, 0.2) is 12.3 Å². The highest BCUT2D eigenvalue weighted by Gasteiger charge is 2.11. The van der Waals surface area contributed by atoms with Crippen molar-refractivity contribution in [3.05, 3.63) is 18.0 Å².